The molecule has 19 heavy (non-hydrogen) atoms. The number of benzene rings is 1. The summed E-state index contributed by atoms with van der Waals surface area (Å²) >= 11 is 0. The summed E-state index contributed by atoms with van der Waals surface area (Å²) in [5.74, 6) is -8.64. The fourth-order valence-electron chi connectivity index (χ4n) is 1.40. The molecule has 8 heteroatoms. The summed E-state index contributed by atoms with van der Waals surface area (Å²) in [5.41, 5.74) is 3.74. The molecule has 0 bridgehead atoms. The minimum atomic E-state index is -2.65. The Morgan fingerprint density at radius 3 is 2.16 bits per heavy atom. The first kappa shape index (κ1) is 15.4. The lowest BCUT2D eigenvalue weighted by Crippen LogP contribution is -2.33. The van der Waals surface area contributed by atoms with Gasteiger partial charge in [-0.15, -0.1) is 0 Å². The molecule has 0 aliphatic carbocycles. The van der Waals surface area contributed by atoms with Gasteiger partial charge in [-0.2, -0.15) is 0 Å². The first-order chi connectivity index (χ1) is 8.81. The van der Waals surface area contributed by atoms with E-state index in [-0.39, 0.29) is 12.7 Å². The Morgan fingerprint density at radius 1 is 1.26 bits per heavy atom. The number of ether oxygens (including phenoxy) is 1. The van der Waals surface area contributed by atoms with Crippen molar-refractivity contribution in [3.63, 3.8) is 0 Å². The lowest BCUT2D eigenvalue weighted by Gasteiger charge is -2.17. The van der Waals surface area contributed by atoms with Gasteiger partial charge in [-0.3, -0.25) is 0 Å². The minimum Gasteiger partial charge on any atom is -0.464 e. The number of alkyl halides is 1. The third-order valence-electron chi connectivity index (χ3n) is 2.31. The predicted octanol–water partition coefficient (Wildman–Crippen LogP) is 2.14. The minimum absolute atomic E-state index is 0.0432. The number of hydrogen-bond donors (Lipinski definition) is 1. The van der Waals surface area contributed by atoms with E-state index < -0.39 is 47.0 Å². The van der Waals surface area contributed by atoms with Crippen LogP contribution in [0.4, 0.5) is 22.0 Å². The SMILES string of the molecule is CCOC(=O)C(F)[C@@H](N)c1c(F)c(F)cc(F)c1F. The molecule has 1 rings (SSSR count). The van der Waals surface area contributed by atoms with Gasteiger partial charge in [0.15, 0.2) is 23.3 Å². The Morgan fingerprint density at radius 2 is 1.74 bits per heavy atom. The maximum Gasteiger partial charge on any atom is 0.342 e. The van der Waals surface area contributed by atoms with E-state index in [1.54, 1.807) is 0 Å². The van der Waals surface area contributed by atoms with Crippen molar-refractivity contribution in [2.24, 2.45) is 5.73 Å². The van der Waals surface area contributed by atoms with Gasteiger partial charge in [0.1, 0.15) is 0 Å². The van der Waals surface area contributed by atoms with Gasteiger partial charge in [0, 0.05) is 11.6 Å². The number of esters is 1. The van der Waals surface area contributed by atoms with E-state index in [1.807, 2.05) is 0 Å². The van der Waals surface area contributed by atoms with E-state index >= 15 is 0 Å². The highest BCUT2D eigenvalue weighted by atomic mass is 19.2. The summed E-state index contributed by atoms with van der Waals surface area (Å²) in [6.45, 7) is 1.19. The second kappa shape index (κ2) is 5.96. The van der Waals surface area contributed by atoms with Crippen LogP contribution in [0.1, 0.15) is 18.5 Å². The largest absolute Gasteiger partial charge is 0.464 e. The van der Waals surface area contributed by atoms with Crippen molar-refractivity contribution in [3.8, 4) is 0 Å². The Bertz CT molecular complexity index is 468. The second-order valence-electron chi connectivity index (χ2n) is 3.56. The third-order valence-corrected chi connectivity index (χ3v) is 2.31. The number of halogens is 5. The van der Waals surface area contributed by atoms with Crippen molar-refractivity contribution in [3.05, 3.63) is 34.9 Å². The van der Waals surface area contributed by atoms with Crippen molar-refractivity contribution < 1.29 is 31.5 Å². The van der Waals surface area contributed by atoms with Crippen LogP contribution in [-0.2, 0) is 9.53 Å². The summed E-state index contributed by atoms with van der Waals surface area (Å²) in [7, 11) is 0. The van der Waals surface area contributed by atoms with Crippen LogP contribution in [0.15, 0.2) is 6.07 Å². The van der Waals surface area contributed by atoms with Gasteiger partial charge < -0.3 is 10.5 Å². The number of carbonyl (C=O) groups is 1. The summed E-state index contributed by atoms with van der Waals surface area (Å²) in [4.78, 5) is 11.0. The Hall–Kier alpha value is -1.70. The number of nitrogens with two attached hydrogens (primary N) is 1. The Kier molecular flexibility index (Phi) is 4.82. The van der Waals surface area contributed by atoms with Crippen LogP contribution in [0.25, 0.3) is 0 Å². The van der Waals surface area contributed by atoms with E-state index in [1.165, 1.54) is 6.92 Å². The molecule has 0 fully saturated rings. The summed E-state index contributed by atoms with van der Waals surface area (Å²) < 4.78 is 70.2. The molecule has 0 aliphatic rings. The van der Waals surface area contributed by atoms with Crippen LogP contribution in [0.2, 0.25) is 0 Å². The smallest absolute Gasteiger partial charge is 0.342 e. The highest BCUT2D eigenvalue weighted by Gasteiger charge is 2.34. The van der Waals surface area contributed by atoms with Crippen molar-refractivity contribution in [1.82, 2.24) is 0 Å². The molecule has 0 saturated heterocycles. The molecule has 1 unspecified atom stereocenters. The molecule has 1 aromatic carbocycles. The molecule has 106 valence electrons. The average Bonchev–Trinajstić information content (AvgIpc) is 2.36. The van der Waals surface area contributed by atoms with Crippen molar-refractivity contribution in [2.75, 3.05) is 6.61 Å². The van der Waals surface area contributed by atoms with Crippen LogP contribution < -0.4 is 5.73 Å². The number of carbonyl (C=O) groups excluding carboxylic acids is 1. The summed E-state index contributed by atoms with van der Waals surface area (Å²) in [6, 6.07) is -2.26. The topological polar surface area (TPSA) is 52.3 Å². The fraction of sp³-hybridized carbons (Fsp3) is 0.364. The second-order valence-corrected chi connectivity index (χ2v) is 3.56. The molecular weight excluding hydrogens is 273 g/mol. The molecule has 2 N–H and O–H groups in total. The van der Waals surface area contributed by atoms with Crippen molar-refractivity contribution in [2.45, 2.75) is 19.1 Å². The lowest BCUT2D eigenvalue weighted by molar-refractivity contribution is -0.150. The maximum atomic E-state index is 13.5. The molecule has 0 saturated carbocycles. The first-order valence-electron chi connectivity index (χ1n) is 5.20. The molecule has 1 aromatic rings. The monoisotopic (exact) mass is 283 g/mol. The lowest BCUT2D eigenvalue weighted by atomic mass is 10.0. The standard InChI is InChI=1S/C11H10F5NO2/c1-2-19-11(18)9(16)10(17)6-7(14)4(12)3-5(13)8(6)15/h3,9-10H,2,17H2,1H3/t9?,10-/m0/s1. The van der Waals surface area contributed by atoms with E-state index in [2.05, 4.69) is 4.74 Å². The summed E-state index contributed by atoms with van der Waals surface area (Å²) in [5, 5.41) is 0. The molecule has 0 radical (unpaired) electrons. The van der Waals surface area contributed by atoms with Gasteiger partial charge >= 0.3 is 5.97 Å². The van der Waals surface area contributed by atoms with Gasteiger partial charge in [-0.05, 0) is 6.92 Å². The third kappa shape index (κ3) is 3.01. The molecule has 0 aliphatic heterocycles. The highest BCUT2D eigenvalue weighted by Crippen LogP contribution is 2.27. The van der Waals surface area contributed by atoms with Crippen molar-refractivity contribution >= 4 is 5.97 Å². The van der Waals surface area contributed by atoms with Crippen molar-refractivity contribution in [1.29, 1.82) is 0 Å². The van der Waals surface area contributed by atoms with Gasteiger partial charge in [-0.1, -0.05) is 0 Å². The number of rotatable bonds is 4. The van der Waals surface area contributed by atoms with E-state index in [0.717, 1.165) is 0 Å². The van der Waals surface area contributed by atoms with Gasteiger partial charge in [0.25, 0.3) is 0 Å². The fourth-order valence-corrected chi connectivity index (χ4v) is 1.40. The Balaban J connectivity index is 3.19. The van der Waals surface area contributed by atoms with Gasteiger partial charge in [-0.25, -0.2) is 26.7 Å². The molecule has 2 atom stereocenters. The van der Waals surface area contributed by atoms with Crippen LogP contribution >= 0.6 is 0 Å². The molecule has 0 heterocycles. The van der Waals surface area contributed by atoms with Gasteiger partial charge in [0.05, 0.1) is 12.6 Å². The zero-order valence-corrected chi connectivity index (χ0v) is 9.72. The normalized spacial score (nSPS) is 14.1. The van der Waals surface area contributed by atoms with E-state index in [4.69, 9.17) is 5.73 Å². The van der Waals surface area contributed by atoms with E-state index in [9.17, 15) is 26.7 Å². The Labute approximate surface area is 105 Å². The van der Waals surface area contributed by atoms with Crippen LogP contribution in [-0.4, -0.2) is 18.7 Å². The molecule has 0 spiro atoms. The van der Waals surface area contributed by atoms with E-state index in [0.29, 0.717) is 0 Å². The number of hydrogen-bond acceptors (Lipinski definition) is 3. The molecule has 0 amide bonds. The average molecular weight is 283 g/mol. The predicted molar refractivity (Wildman–Crippen MR) is 54.7 cm³/mol. The molecule has 0 aromatic heterocycles. The van der Waals surface area contributed by atoms with Crippen LogP contribution in [0.3, 0.4) is 0 Å². The highest BCUT2D eigenvalue weighted by molar-refractivity contribution is 5.75. The van der Waals surface area contributed by atoms with Crippen LogP contribution in [0, 0.1) is 23.3 Å². The quantitative estimate of drug-likeness (QED) is 0.523. The zero-order valence-electron chi connectivity index (χ0n) is 9.72. The van der Waals surface area contributed by atoms with Gasteiger partial charge in [0.2, 0.25) is 6.17 Å². The zero-order chi connectivity index (χ0) is 14.7. The summed E-state index contributed by atoms with van der Waals surface area (Å²) in [6.07, 6.45) is -2.65. The molecular formula is C11H10F5NO2. The molecule has 3 nitrogen and oxygen atoms in total. The first-order valence-corrected chi connectivity index (χ1v) is 5.20. The van der Waals surface area contributed by atoms with Crippen LogP contribution in [0.5, 0.6) is 0 Å². The maximum absolute atomic E-state index is 13.5.